The fourth-order valence-electron chi connectivity index (χ4n) is 9.05. The van der Waals surface area contributed by atoms with Gasteiger partial charge in [-0.05, 0) is 83.5 Å². The molecule has 0 fully saturated rings. The Morgan fingerprint density at radius 2 is 0.513 bits per heavy atom. The molecule has 1 atom stereocenters. The van der Waals surface area contributed by atoms with Gasteiger partial charge in [0.1, 0.15) is 13.2 Å². The van der Waals surface area contributed by atoms with Crippen molar-refractivity contribution in [3.63, 3.8) is 0 Å². The molecule has 1 unspecified atom stereocenters. The van der Waals surface area contributed by atoms with Crippen LogP contribution in [0.15, 0.2) is 97.2 Å². The highest BCUT2D eigenvalue weighted by molar-refractivity contribution is 5.71. The molecule has 0 aliphatic carbocycles. The van der Waals surface area contributed by atoms with Gasteiger partial charge in [0, 0.05) is 19.3 Å². The zero-order valence-electron chi connectivity index (χ0n) is 50.0. The summed E-state index contributed by atoms with van der Waals surface area (Å²) in [6, 6.07) is 0. The molecule has 6 heteroatoms. The fraction of sp³-hybridized carbons (Fsp3) is 0.729. The quantitative estimate of drug-likeness (QED) is 0.0261. The highest BCUT2D eigenvalue weighted by Crippen LogP contribution is 2.17. The number of carbonyl (C=O) groups excluding carboxylic acids is 3. The summed E-state index contributed by atoms with van der Waals surface area (Å²) in [6.07, 6.45) is 86.0. The van der Waals surface area contributed by atoms with E-state index in [-0.39, 0.29) is 31.1 Å². The number of unbranched alkanes of at least 4 members (excludes halogenated alkanes) is 31. The van der Waals surface area contributed by atoms with Crippen LogP contribution in [0.25, 0.3) is 0 Å². The lowest BCUT2D eigenvalue weighted by molar-refractivity contribution is -0.167. The van der Waals surface area contributed by atoms with Crippen LogP contribution in [0.3, 0.4) is 0 Å². The Kier molecular flexibility index (Phi) is 60.8. The molecular weight excluding hydrogens is 937 g/mol. The number of ether oxygens (including phenoxy) is 3. The molecule has 436 valence electrons. The lowest BCUT2D eigenvalue weighted by atomic mass is 10.0. The Morgan fingerprint density at radius 3 is 0.803 bits per heavy atom. The van der Waals surface area contributed by atoms with Crippen LogP contribution in [0, 0.1) is 0 Å². The van der Waals surface area contributed by atoms with Gasteiger partial charge in [-0.1, -0.05) is 304 Å². The number of allylic oxidation sites excluding steroid dienone is 16. The molecule has 0 aromatic carbocycles. The first-order valence-electron chi connectivity index (χ1n) is 32.2. The maximum Gasteiger partial charge on any atom is 0.306 e. The van der Waals surface area contributed by atoms with Crippen molar-refractivity contribution >= 4 is 17.9 Å². The summed E-state index contributed by atoms with van der Waals surface area (Å²) >= 11 is 0. The number of hydrogen-bond donors (Lipinski definition) is 0. The molecular formula is C70H120O6. The molecule has 0 N–H and O–H groups in total. The van der Waals surface area contributed by atoms with Crippen LogP contribution < -0.4 is 0 Å². The van der Waals surface area contributed by atoms with E-state index in [2.05, 4.69) is 118 Å². The smallest absolute Gasteiger partial charge is 0.306 e. The van der Waals surface area contributed by atoms with Crippen molar-refractivity contribution < 1.29 is 28.6 Å². The monoisotopic (exact) mass is 1060 g/mol. The Morgan fingerprint density at radius 1 is 0.276 bits per heavy atom. The first kappa shape index (κ1) is 72.3. The zero-order chi connectivity index (χ0) is 55.0. The van der Waals surface area contributed by atoms with E-state index < -0.39 is 6.10 Å². The normalized spacial score (nSPS) is 12.7. The molecule has 0 aromatic heterocycles. The van der Waals surface area contributed by atoms with Gasteiger partial charge < -0.3 is 14.2 Å². The minimum Gasteiger partial charge on any atom is -0.462 e. The third kappa shape index (κ3) is 61.2. The van der Waals surface area contributed by atoms with Crippen LogP contribution in [0.4, 0.5) is 0 Å². The van der Waals surface area contributed by atoms with Crippen molar-refractivity contribution in [3.05, 3.63) is 97.2 Å². The third-order valence-electron chi connectivity index (χ3n) is 13.9. The second-order valence-electron chi connectivity index (χ2n) is 21.3. The first-order valence-corrected chi connectivity index (χ1v) is 32.2. The Labute approximate surface area is 470 Å². The van der Waals surface area contributed by atoms with Gasteiger partial charge in [0.15, 0.2) is 6.10 Å². The van der Waals surface area contributed by atoms with Gasteiger partial charge in [-0.3, -0.25) is 14.4 Å². The van der Waals surface area contributed by atoms with Crippen molar-refractivity contribution in [2.45, 2.75) is 316 Å². The number of carbonyl (C=O) groups is 3. The molecule has 0 radical (unpaired) electrons. The Bertz CT molecular complexity index is 1490. The number of hydrogen-bond acceptors (Lipinski definition) is 6. The molecule has 0 aliphatic rings. The predicted molar refractivity (Wildman–Crippen MR) is 330 cm³/mol. The van der Waals surface area contributed by atoms with E-state index in [1.54, 1.807) is 0 Å². The maximum atomic E-state index is 12.8. The highest BCUT2D eigenvalue weighted by Gasteiger charge is 2.19. The van der Waals surface area contributed by atoms with Crippen molar-refractivity contribution in [1.82, 2.24) is 0 Å². The molecule has 0 rings (SSSR count). The average Bonchev–Trinajstić information content (AvgIpc) is 3.42. The van der Waals surface area contributed by atoms with Crippen LogP contribution in [0.5, 0.6) is 0 Å². The van der Waals surface area contributed by atoms with Crippen molar-refractivity contribution in [2.75, 3.05) is 13.2 Å². The standard InChI is InChI=1S/C70H120O6/c1-4-7-10-13-16-18-20-22-24-26-28-30-32-33-34-35-36-37-39-40-42-44-46-48-50-52-54-57-60-63-69(72)75-66-67(65-74-68(71)62-59-56-15-12-9-6-3)76-70(73)64-61-58-55-53-51-49-47-45-43-41-38-31-29-27-25-23-21-19-17-14-11-8-5-2/h7,10,16,18,22,24,28,30,33-34,36-37,40,42,46,48,67H,4-6,8-9,11-15,17,19-21,23,25-27,29,31-32,35,38-39,41,43-45,47,49-66H2,1-3H3/b10-7-,18-16-,24-22-,30-28-,34-33-,37-36-,42-40-,48-46-. The van der Waals surface area contributed by atoms with E-state index in [1.807, 2.05) is 0 Å². The molecule has 0 saturated carbocycles. The molecule has 76 heavy (non-hydrogen) atoms. The van der Waals surface area contributed by atoms with Crippen molar-refractivity contribution in [3.8, 4) is 0 Å². The predicted octanol–water partition coefficient (Wildman–Crippen LogP) is 22.0. The van der Waals surface area contributed by atoms with Crippen LogP contribution in [-0.2, 0) is 28.6 Å². The van der Waals surface area contributed by atoms with Gasteiger partial charge in [0.05, 0.1) is 0 Å². The number of rotatable bonds is 58. The summed E-state index contributed by atoms with van der Waals surface area (Å²) in [5.74, 6) is -0.909. The largest absolute Gasteiger partial charge is 0.462 e. The van der Waals surface area contributed by atoms with Crippen LogP contribution in [0.2, 0.25) is 0 Å². The third-order valence-corrected chi connectivity index (χ3v) is 13.9. The number of esters is 3. The summed E-state index contributed by atoms with van der Waals surface area (Å²) in [4.78, 5) is 38.0. The lowest BCUT2D eigenvalue weighted by Gasteiger charge is -2.18. The van der Waals surface area contributed by atoms with Gasteiger partial charge in [-0.25, -0.2) is 0 Å². The van der Waals surface area contributed by atoms with E-state index in [1.165, 1.54) is 148 Å². The first-order chi connectivity index (χ1) is 37.5. The van der Waals surface area contributed by atoms with Gasteiger partial charge in [-0.15, -0.1) is 0 Å². The van der Waals surface area contributed by atoms with Crippen LogP contribution >= 0.6 is 0 Å². The Balaban J connectivity index is 4.15. The molecule has 0 aromatic rings. The minimum absolute atomic E-state index is 0.0835. The van der Waals surface area contributed by atoms with Crippen LogP contribution in [-0.4, -0.2) is 37.2 Å². The summed E-state index contributed by atoms with van der Waals surface area (Å²) in [7, 11) is 0. The van der Waals surface area contributed by atoms with E-state index in [4.69, 9.17) is 14.2 Å². The minimum atomic E-state index is -0.784. The van der Waals surface area contributed by atoms with Crippen molar-refractivity contribution in [1.29, 1.82) is 0 Å². The topological polar surface area (TPSA) is 78.9 Å². The van der Waals surface area contributed by atoms with Gasteiger partial charge in [-0.2, -0.15) is 0 Å². The molecule has 0 heterocycles. The molecule has 6 nitrogen and oxygen atoms in total. The molecule has 0 bridgehead atoms. The second kappa shape index (κ2) is 63.9. The average molecular weight is 1060 g/mol. The summed E-state index contributed by atoms with van der Waals surface area (Å²) in [5, 5.41) is 0. The SMILES string of the molecule is CC/C=C\C/C=C\C/C=C\C/C=C\C/C=C\C/C=C\C/C=C\C/C=C\CCCCCCC(=O)OCC(COC(=O)CCCCCCCC)OC(=O)CCCCCCCCCCCCCCCCCCCCCCCCC. The van der Waals surface area contributed by atoms with Crippen LogP contribution in [0.1, 0.15) is 310 Å². The fourth-order valence-corrected chi connectivity index (χ4v) is 9.05. The van der Waals surface area contributed by atoms with Gasteiger partial charge >= 0.3 is 17.9 Å². The maximum absolute atomic E-state index is 12.8. The van der Waals surface area contributed by atoms with E-state index >= 15 is 0 Å². The second-order valence-corrected chi connectivity index (χ2v) is 21.3. The van der Waals surface area contributed by atoms with E-state index in [0.717, 1.165) is 122 Å². The molecule has 0 saturated heterocycles. The van der Waals surface area contributed by atoms with Crippen molar-refractivity contribution in [2.24, 2.45) is 0 Å². The zero-order valence-corrected chi connectivity index (χ0v) is 50.0. The molecule has 0 amide bonds. The molecule has 0 spiro atoms. The van der Waals surface area contributed by atoms with E-state index in [9.17, 15) is 14.4 Å². The van der Waals surface area contributed by atoms with Gasteiger partial charge in [0.25, 0.3) is 0 Å². The highest BCUT2D eigenvalue weighted by atomic mass is 16.6. The lowest BCUT2D eigenvalue weighted by Crippen LogP contribution is -2.30. The van der Waals surface area contributed by atoms with E-state index in [0.29, 0.717) is 19.3 Å². The van der Waals surface area contributed by atoms with Gasteiger partial charge in [0.2, 0.25) is 0 Å². The summed E-state index contributed by atoms with van der Waals surface area (Å²) < 4.78 is 16.8. The Hall–Kier alpha value is -3.67. The summed E-state index contributed by atoms with van der Waals surface area (Å²) in [5.41, 5.74) is 0. The summed E-state index contributed by atoms with van der Waals surface area (Å²) in [6.45, 7) is 6.47. The molecule has 0 aliphatic heterocycles.